The predicted octanol–water partition coefficient (Wildman–Crippen LogP) is -14.6. The van der Waals surface area contributed by atoms with Crippen molar-refractivity contribution in [3.05, 3.63) is 0 Å². The number of nitrogens with zero attached hydrogens (tertiary/aromatic N) is 14. The summed E-state index contributed by atoms with van der Waals surface area (Å²) in [6.45, 7) is -6.38. The predicted molar refractivity (Wildman–Crippen MR) is 489 cm³/mol. The lowest BCUT2D eigenvalue weighted by molar-refractivity contribution is -0.148. The van der Waals surface area contributed by atoms with Crippen molar-refractivity contribution in [3.8, 4) is 0 Å². The van der Waals surface area contributed by atoms with Crippen LogP contribution < -0.4 is 47.9 Å². The lowest BCUT2D eigenvalue weighted by Crippen LogP contribution is -2.57. The zero-order valence-corrected chi connectivity index (χ0v) is 80.5. The number of aliphatic hydroxyl groups is 7. The number of β-amino-alcohol motifs (C(OH)–C–C–N with tert-alkyl or cyclic N) is 7. The molecule has 15 saturated heterocycles. The molecule has 54 nitrogen and oxygen atoms in total. The molecule has 22 amide bonds. The fourth-order valence-electron chi connectivity index (χ4n) is 23.6. The molecule has 0 aromatic carbocycles. The highest BCUT2D eigenvalue weighted by atomic mass is 16.4. The third kappa shape index (κ3) is 23.8. The lowest BCUT2D eigenvalue weighted by atomic mass is 10.1. The first kappa shape index (κ1) is 107. The van der Waals surface area contributed by atoms with Gasteiger partial charge in [0.25, 0.3) is 0 Å². The van der Waals surface area contributed by atoms with Gasteiger partial charge < -0.3 is 157 Å². The summed E-state index contributed by atoms with van der Waals surface area (Å²) in [4.78, 5) is 334. The average molecular weight is 2040 g/mol. The van der Waals surface area contributed by atoms with E-state index in [1.807, 2.05) is 0 Å². The highest BCUT2D eigenvalue weighted by molar-refractivity contribution is 6.03. The molecular weight excluding hydrogens is 1910 g/mol. The highest BCUT2D eigenvalue weighted by Gasteiger charge is 2.55. The molecule has 15 rings (SSSR count). The second kappa shape index (κ2) is 46.5. The van der Waals surface area contributed by atoms with E-state index in [4.69, 9.17) is 5.11 Å². The van der Waals surface area contributed by atoms with Crippen LogP contribution in [0.2, 0.25) is 0 Å². The van der Waals surface area contributed by atoms with Crippen molar-refractivity contribution in [1.29, 1.82) is 0 Å². The van der Waals surface area contributed by atoms with Crippen LogP contribution in [0.25, 0.3) is 0 Å². The van der Waals surface area contributed by atoms with Gasteiger partial charge in [-0.05, 0) is 109 Å². The van der Waals surface area contributed by atoms with Gasteiger partial charge in [-0.2, -0.15) is 0 Å². The van der Waals surface area contributed by atoms with Gasteiger partial charge in [-0.25, -0.2) is 0 Å². The molecule has 145 heavy (non-hydrogen) atoms. The summed E-state index contributed by atoms with van der Waals surface area (Å²) in [5, 5.41) is 108. The van der Waals surface area contributed by atoms with Crippen molar-refractivity contribution in [3.63, 3.8) is 0 Å². The zero-order valence-electron chi connectivity index (χ0n) is 80.5. The molecule has 796 valence electrons. The van der Waals surface area contributed by atoms with E-state index in [0.29, 0.717) is 51.5 Å². The first-order valence-corrected chi connectivity index (χ1v) is 50.4. The second-order valence-corrected chi connectivity index (χ2v) is 40.3. The SMILES string of the molecule is O=C(O)CNC(=O)[C@@H]1CCCN1C(=O)[C@@H]1C[C@@H](O)CN1C(=O)CNC(=O)[C@@H]1CCCN1C(=O)[C@@H]1C[C@@H](O)CN1C(=O)CNC(=O)[C@@H]1CCCN1C(=O)[C@@H]1C[C@@H](O)CN1C(=O)CNC(=O)[C@@H]1CCCN1C(=O)[C@@H]1C[C@@H](O)CN1C(=O)CNC(=O)[C@@H]1CCCN1C(=O)[C@@H]1C[C@@H](O)CN1C(=O)CNC(=O)[C@@H]1CCCN1C(=O)[C@@H]1C[C@@H](O)CN1C(=O)CNC(=O)[C@@H]1CCCN1C(=O)[C@@H]1C[C@@H](O)CN1C(=O)CNC(=O)[C@@H]1CCCN1. The maximum atomic E-state index is 14.5. The summed E-state index contributed by atoms with van der Waals surface area (Å²) < 4.78 is 0. The van der Waals surface area contributed by atoms with Crippen molar-refractivity contribution < 1.29 is 151 Å². The molecule has 22 atom stereocenters. The molecule has 15 heterocycles. The fraction of sp³-hybridized carbons (Fsp3) is 0.747. The molecule has 0 spiro atoms. The molecule has 15 aliphatic heterocycles. The van der Waals surface area contributed by atoms with Crippen LogP contribution in [0.1, 0.15) is 148 Å². The largest absolute Gasteiger partial charge is 0.480 e. The zero-order chi connectivity index (χ0) is 104. The molecule has 0 aliphatic carbocycles. The third-order valence-electron chi connectivity index (χ3n) is 30.7. The number of aliphatic hydroxyl groups excluding tert-OH is 7. The standard InChI is InChI=1S/C91H131N23O31/c115-47-25-62(108(40-47)69(122)32-93-77(131)54-9-1-17-92-54)85(139)101-18-2-10-55(101)78(132)94-33-70(123)109-41-48(116)26-63(109)86(140)102-19-3-11-56(102)79(133)95-34-71(124)110-42-49(117)27-64(110)87(141)103-20-4-12-57(103)80(134)96-35-72(125)111-43-50(118)28-65(111)88(142)104-21-5-13-58(104)81(135)97-36-73(126)112-44-51(119)29-66(112)89(143)105-22-6-14-59(105)82(136)98-37-74(127)113-45-52(120)30-67(113)90(144)106-23-7-15-60(106)83(137)99-38-75(128)114-46-53(121)31-68(114)91(145)107-24-8-16-61(107)84(138)100-39-76(129)130/h47-68,92,115-121H,1-46H2,(H,93,131)(H,94,132)(H,95,133)(H,96,134)(H,97,135)(H,98,136)(H,99,137)(H,100,138)(H,129,130)/t47-,48-,49-,50-,51-,52-,53-,54+,55+,56+,57+,58+,59+,60+,61+,62+,63+,64+,65+,66+,67+,68+/m1/s1. The number of hydrogen-bond donors (Lipinski definition) is 17. The third-order valence-corrected chi connectivity index (χ3v) is 30.7. The number of carboxylic acids is 1. The summed E-state index contributed by atoms with van der Waals surface area (Å²) in [5.41, 5.74) is 0. The number of hydrogen-bond acceptors (Lipinski definition) is 31. The van der Waals surface area contributed by atoms with Crippen LogP contribution in [0.4, 0.5) is 0 Å². The van der Waals surface area contributed by atoms with E-state index in [9.17, 15) is 146 Å². The smallest absolute Gasteiger partial charge is 0.322 e. The number of rotatable bonds is 31. The summed E-state index contributed by atoms with van der Waals surface area (Å²) in [6, 6.07) is -17.4. The number of nitrogens with one attached hydrogen (secondary N) is 9. The number of carbonyl (C=O) groups excluding carboxylic acids is 22. The molecule has 0 bridgehead atoms. The van der Waals surface area contributed by atoms with Gasteiger partial charge in [0.05, 0.1) is 94.6 Å². The Morgan fingerprint density at radius 3 is 0.510 bits per heavy atom. The molecule has 17 N–H and O–H groups in total. The maximum Gasteiger partial charge on any atom is 0.322 e. The van der Waals surface area contributed by atoms with Gasteiger partial charge in [0.15, 0.2) is 0 Å². The van der Waals surface area contributed by atoms with E-state index >= 15 is 0 Å². The van der Waals surface area contributed by atoms with Gasteiger partial charge in [0.2, 0.25) is 130 Å². The Bertz CT molecular complexity index is 4910. The second-order valence-electron chi connectivity index (χ2n) is 40.3. The van der Waals surface area contributed by atoms with Gasteiger partial charge in [-0.1, -0.05) is 0 Å². The Morgan fingerprint density at radius 2 is 0.359 bits per heavy atom. The molecule has 0 radical (unpaired) electrons. The van der Waals surface area contributed by atoms with Gasteiger partial charge in [0.1, 0.15) is 91.1 Å². The minimum atomic E-state index is -1.34. The van der Waals surface area contributed by atoms with Crippen molar-refractivity contribution in [2.75, 3.05) is 151 Å². The Kier molecular flexibility index (Phi) is 34.2. The Morgan fingerprint density at radius 1 is 0.200 bits per heavy atom. The first-order chi connectivity index (χ1) is 69.2. The minimum Gasteiger partial charge on any atom is -0.480 e. The van der Waals surface area contributed by atoms with E-state index in [1.54, 1.807) is 0 Å². The average Bonchev–Trinajstić information content (AvgIpc) is 1.67. The van der Waals surface area contributed by atoms with Gasteiger partial charge >= 0.3 is 5.97 Å². The van der Waals surface area contributed by atoms with E-state index in [1.165, 1.54) is 39.2 Å². The van der Waals surface area contributed by atoms with E-state index in [-0.39, 0.29) is 194 Å². The number of likely N-dealkylation sites (tertiary alicyclic amines) is 14. The molecule has 15 fully saturated rings. The van der Waals surface area contributed by atoms with Crippen molar-refractivity contribution in [1.82, 2.24) is 116 Å². The highest BCUT2D eigenvalue weighted by Crippen LogP contribution is 2.35. The summed E-state index contributed by atoms with van der Waals surface area (Å²) in [6.07, 6.45) is -5.03. The van der Waals surface area contributed by atoms with E-state index in [0.717, 1.165) is 35.8 Å². The van der Waals surface area contributed by atoms with Gasteiger partial charge in [0, 0.05) is 137 Å². The first-order valence-electron chi connectivity index (χ1n) is 50.4. The minimum absolute atomic E-state index is 0.00953. The number of amides is 22. The molecule has 54 heteroatoms. The van der Waals surface area contributed by atoms with Crippen LogP contribution in [-0.4, -0.2) is 529 Å². The lowest BCUT2D eigenvalue weighted by Gasteiger charge is -2.32. The molecule has 0 aromatic rings. The number of carbonyl (C=O) groups is 23. The van der Waals surface area contributed by atoms with Crippen molar-refractivity contribution in [2.45, 2.75) is 281 Å². The van der Waals surface area contributed by atoms with Crippen LogP contribution in [0.5, 0.6) is 0 Å². The van der Waals surface area contributed by atoms with Crippen molar-refractivity contribution in [2.24, 2.45) is 0 Å². The van der Waals surface area contributed by atoms with Crippen molar-refractivity contribution >= 4 is 136 Å². The van der Waals surface area contributed by atoms with Gasteiger partial charge in [-0.15, -0.1) is 0 Å². The molecule has 0 aromatic heterocycles. The maximum absolute atomic E-state index is 14.5. The van der Waals surface area contributed by atoms with Crippen LogP contribution in [0.15, 0.2) is 0 Å². The van der Waals surface area contributed by atoms with Crippen LogP contribution in [0.3, 0.4) is 0 Å². The topological polar surface area (TPSA) is 708 Å². The number of aliphatic carboxylic acids is 1. The molecule has 0 unspecified atom stereocenters. The summed E-state index contributed by atoms with van der Waals surface area (Å²) >= 11 is 0. The Labute approximate surface area is 831 Å². The Balaban J connectivity index is 0.477. The monoisotopic (exact) mass is 2040 g/mol. The Hall–Kier alpha value is -12.5. The summed E-state index contributed by atoms with van der Waals surface area (Å²) in [7, 11) is 0. The molecule has 0 saturated carbocycles. The molecule has 15 aliphatic rings. The normalized spacial score (nSPS) is 30.8. The summed E-state index contributed by atoms with van der Waals surface area (Å²) in [5.74, 6) is -17.1. The van der Waals surface area contributed by atoms with Crippen LogP contribution >= 0.6 is 0 Å². The van der Waals surface area contributed by atoms with Gasteiger partial charge in [-0.3, -0.25) is 110 Å². The van der Waals surface area contributed by atoms with Crippen LogP contribution in [-0.2, 0) is 110 Å². The molecular formula is C91H131N23O31. The quantitative estimate of drug-likeness (QED) is 0.0306. The fourth-order valence-corrected chi connectivity index (χ4v) is 23.6. The van der Waals surface area contributed by atoms with E-state index < -0.39 is 316 Å². The van der Waals surface area contributed by atoms with Crippen LogP contribution in [0, 0.1) is 0 Å². The number of carboxylic acid groups (broad SMARTS) is 1. The van der Waals surface area contributed by atoms with E-state index in [2.05, 4.69) is 47.9 Å².